The van der Waals surface area contributed by atoms with E-state index >= 15 is 0 Å². The molecule has 0 heterocycles. The van der Waals surface area contributed by atoms with Crippen molar-refractivity contribution in [3.8, 4) is 0 Å². The lowest BCUT2D eigenvalue weighted by Gasteiger charge is -2.35. The van der Waals surface area contributed by atoms with Gasteiger partial charge in [0.05, 0.1) is 0 Å². The van der Waals surface area contributed by atoms with Crippen LogP contribution in [0.4, 0.5) is 0 Å². The van der Waals surface area contributed by atoms with Crippen LogP contribution < -0.4 is 0 Å². The fourth-order valence-electron chi connectivity index (χ4n) is 1.19. The van der Waals surface area contributed by atoms with Crippen LogP contribution in [0.1, 0.15) is 40.5 Å². The van der Waals surface area contributed by atoms with Gasteiger partial charge in [0.2, 0.25) is 5.91 Å². The SMILES string of the molecule is CC(N(C)C(=O)CCCCl)C(C)(C)C. The van der Waals surface area contributed by atoms with E-state index in [-0.39, 0.29) is 17.4 Å². The van der Waals surface area contributed by atoms with Gasteiger partial charge in [-0.15, -0.1) is 11.6 Å². The average molecular weight is 220 g/mol. The predicted molar refractivity (Wildman–Crippen MR) is 61.6 cm³/mol. The average Bonchev–Trinajstić information content (AvgIpc) is 2.10. The molecule has 0 N–H and O–H groups in total. The van der Waals surface area contributed by atoms with Crippen LogP contribution in [0, 0.1) is 5.41 Å². The lowest BCUT2D eigenvalue weighted by molar-refractivity contribution is -0.133. The van der Waals surface area contributed by atoms with Gasteiger partial charge in [-0.1, -0.05) is 20.8 Å². The number of halogens is 1. The maximum absolute atomic E-state index is 11.7. The fraction of sp³-hybridized carbons (Fsp3) is 0.909. The zero-order chi connectivity index (χ0) is 11.4. The van der Waals surface area contributed by atoms with Gasteiger partial charge in [0.15, 0.2) is 0 Å². The molecule has 0 saturated carbocycles. The third-order valence-corrected chi connectivity index (χ3v) is 3.02. The summed E-state index contributed by atoms with van der Waals surface area (Å²) in [7, 11) is 1.87. The molecule has 2 nitrogen and oxygen atoms in total. The van der Waals surface area contributed by atoms with Gasteiger partial charge in [-0.3, -0.25) is 4.79 Å². The first kappa shape index (κ1) is 13.8. The van der Waals surface area contributed by atoms with Crippen LogP contribution in [-0.2, 0) is 4.79 Å². The molecule has 0 aliphatic heterocycles. The highest BCUT2D eigenvalue weighted by Crippen LogP contribution is 2.23. The molecule has 0 rings (SSSR count). The van der Waals surface area contributed by atoms with E-state index in [1.807, 2.05) is 11.9 Å². The van der Waals surface area contributed by atoms with Crippen LogP contribution in [0.15, 0.2) is 0 Å². The molecule has 84 valence electrons. The Hall–Kier alpha value is -0.240. The first-order valence-electron chi connectivity index (χ1n) is 5.12. The van der Waals surface area contributed by atoms with Crippen molar-refractivity contribution < 1.29 is 4.79 Å². The van der Waals surface area contributed by atoms with E-state index < -0.39 is 0 Å². The van der Waals surface area contributed by atoms with Crippen LogP contribution in [0.25, 0.3) is 0 Å². The first-order chi connectivity index (χ1) is 6.30. The van der Waals surface area contributed by atoms with Gasteiger partial charge < -0.3 is 4.90 Å². The summed E-state index contributed by atoms with van der Waals surface area (Å²) < 4.78 is 0. The summed E-state index contributed by atoms with van der Waals surface area (Å²) >= 11 is 5.55. The third kappa shape index (κ3) is 4.32. The van der Waals surface area contributed by atoms with Gasteiger partial charge in [-0.25, -0.2) is 0 Å². The molecule has 0 saturated heterocycles. The largest absolute Gasteiger partial charge is 0.343 e. The second kappa shape index (κ2) is 5.59. The van der Waals surface area contributed by atoms with Gasteiger partial charge in [0.1, 0.15) is 0 Å². The van der Waals surface area contributed by atoms with Crippen LogP contribution in [0.5, 0.6) is 0 Å². The number of amides is 1. The summed E-state index contributed by atoms with van der Waals surface area (Å²) in [5.41, 5.74) is 0.130. The Morgan fingerprint density at radius 2 is 1.93 bits per heavy atom. The summed E-state index contributed by atoms with van der Waals surface area (Å²) in [5.74, 6) is 0.747. The van der Waals surface area contributed by atoms with Crippen molar-refractivity contribution in [1.82, 2.24) is 4.90 Å². The quantitative estimate of drug-likeness (QED) is 0.666. The molecule has 1 unspecified atom stereocenters. The number of hydrogen-bond acceptors (Lipinski definition) is 1. The van der Waals surface area contributed by atoms with Crippen molar-refractivity contribution in [3.05, 3.63) is 0 Å². The zero-order valence-corrected chi connectivity index (χ0v) is 10.7. The summed E-state index contributed by atoms with van der Waals surface area (Å²) in [6.45, 7) is 8.51. The Morgan fingerprint density at radius 1 is 1.43 bits per heavy atom. The molecule has 0 bridgehead atoms. The van der Waals surface area contributed by atoms with Crippen LogP contribution in [0.3, 0.4) is 0 Å². The predicted octanol–water partition coefficient (Wildman–Crippen LogP) is 2.90. The van der Waals surface area contributed by atoms with Gasteiger partial charge >= 0.3 is 0 Å². The van der Waals surface area contributed by atoms with Crippen LogP contribution in [-0.4, -0.2) is 29.8 Å². The van der Waals surface area contributed by atoms with Crippen molar-refractivity contribution in [2.75, 3.05) is 12.9 Å². The number of rotatable bonds is 4. The molecule has 0 aliphatic carbocycles. The lowest BCUT2D eigenvalue weighted by Crippen LogP contribution is -2.42. The summed E-state index contributed by atoms with van der Waals surface area (Å²) in [6.07, 6.45) is 1.32. The minimum atomic E-state index is 0.130. The van der Waals surface area contributed by atoms with E-state index in [1.165, 1.54) is 0 Å². The number of hydrogen-bond donors (Lipinski definition) is 0. The molecule has 0 fully saturated rings. The second-order valence-corrected chi connectivity index (χ2v) is 5.22. The molecule has 1 atom stereocenters. The van der Waals surface area contributed by atoms with Crippen molar-refractivity contribution in [2.24, 2.45) is 5.41 Å². The number of nitrogens with zero attached hydrogens (tertiary/aromatic N) is 1. The minimum absolute atomic E-state index is 0.130. The molecular formula is C11H22ClNO. The zero-order valence-electron chi connectivity index (χ0n) is 9.93. The molecule has 14 heavy (non-hydrogen) atoms. The Balaban J connectivity index is 4.18. The molecule has 0 aliphatic rings. The highest BCUT2D eigenvalue weighted by Gasteiger charge is 2.26. The van der Waals surface area contributed by atoms with E-state index in [9.17, 15) is 4.79 Å². The molecule has 1 amide bonds. The molecule has 3 heteroatoms. The van der Waals surface area contributed by atoms with Gasteiger partial charge in [0, 0.05) is 25.4 Å². The highest BCUT2D eigenvalue weighted by atomic mass is 35.5. The number of carbonyl (C=O) groups excluding carboxylic acids is 1. The van der Waals surface area contributed by atoms with Gasteiger partial charge in [-0.05, 0) is 18.8 Å². The van der Waals surface area contributed by atoms with Gasteiger partial charge in [0.25, 0.3) is 0 Å². The highest BCUT2D eigenvalue weighted by molar-refractivity contribution is 6.17. The topological polar surface area (TPSA) is 20.3 Å². The molecule has 0 radical (unpaired) electrons. The molecular weight excluding hydrogens is 198 g/mol. The number of alkyl halides is 1. The van der Waals surface area contributed by atoms with E-state index in [1.54, 1.807) is 0 Å². The summed E-state index contributed by atoms with van der Waals surface area (Å²) in [6, 6.07) is 0.255. The Labute approximate surface area is 92.6 Å². The van der Waals surface area contributed by atoms with E-state index in [0.29, 0.717) is 12.3 Å². The smallest absolute Gasteiger partial charge is 0.222 e. The Morgan fingerprint density at radius 3 is 2.29 bits per heavy atom. The molecule has 0 aromatic rings. The van der Waals surface area contributed by atoms with E-state index in [4.69, 9.17) is 11.6 Å². The summed E-state index contributed by atoms with van der Waals surface area (Å²) in [5, 5.41) is 0. The first-order valence-corrected chi connectivity index (χ1v) is 5.65. The maximum Gasteiger partial charge on any atom is 0.222 e. The normalized spacial score (nSPS) is 13.9. The van der Waals surface area contributed by atoms with Crippen molar-refractivity contribution in [2.45, 2.75) is 46.6 Å². The fourth-order valence-corrected chi connectivity index (χ4v) is 1.32. The number of carbonyl (C=O) groups is 1. The van der Waals surface area contributed by atoms with E-state index in [2.05, 4.69) is 27.7 Å². The van der Waals surface area contributed by atoms with Crippen molar-refractivity contribution >= 4 is 17.5 Å². The van der Waals surface area contributed by atoms with Crippen LogP contribution in [0.2, 0.25) is 0 Å². The second-order valence-electron chi connectivity index (χ2n) is 4.84. The van der Waals surface area contributed by atoms with Crippen molar-refractivity contribution in [3.63, 3.8) is 0 Å². The van der Waals surface area contributed by atoms with Gasteiger partial charge in [-0.2, -0.15) is 0 Å². The Bertz CT molecular complexity index is 186. The minimum Gasteiger partial charge on any atom is -0.343 e. The monoisotopic (exact) mass is 219 g/mol. The molecule has 0 aromatic heterocycles. The molecule has 0 spiro atoms. The third-order valence-electron chi connectivity index (χ3n) is 2.75. The standard InChI is InChI=1S/C11H22ClNO/c1-9(11(2,3)4)13(5)10(14)7-6-8-12/h9H,6-8H2,1-5H3. The maximum atomic E-state index is 11.7. The summed E-state index contributed by atoms with van der Waals surface area (Å²) in [4.78, 5) is 13.5. The van der Waals surface area contributed by atoms with E-state index in [0.717, 1.165) is 6.42 Å². The lowest BCUT2D eigenvalue weighted by atomic mass is 9.87. The Kier molecular flexibility index (Phi) is 5.50. The van der Waals surface area contributed by atoms with Crippen molar-refractivity contribution in [1.29, 1.82) is 0 Å². The van der Waals surface area contributed by atoms with Crippen LogP contribution >= 0.6 is 11.6 Å². The molecule has 0 aromatic carbocycles.